The summed E-state index contributed by atoms with van der Waals surface area (Å²) < 4.78 is 5.71. The Morgan fingerprint density at radius 1 is 1.59 bits per heavy atom. The van der Waals surface area contributed by atoms with Gasteiger partial charge in [0.05, 0.1) is 13.7 Å². The van der Waals surface area contributed by atoms with Crippen LogP contribution >= 0.6 is 27.7 Å². The van der Waals surface area contributed by atoms with E-state index in [0.29, 0.717) is 0 Å². The van der Waals surface area contributed by atoms with Crippen molar-refractivity contribution in [2.45, 2.75) is 17.4 Å². The van der Waals surface area contributed by atoms with E-state index in [0.717, 1.165) is 10.0 Å². The largest absolute Gasteiger partial charge is 0.468 e. The van der Waals surface area contributed by atoms with Crippen molar-refractivity contribution in [1.29, 1.82) is 0 Å². The lowest BCUT2D eigenvalue weighted by Crippen LogP contribution is -2.15. The Hall–Kier alpha value is -0.520. The number of aliphatic hydroxyl groups excluding tert-OH is 1. The van der Waals surface area contributed by atoms with E-state index in [1.54, 1.807) is 0 Å². The van der Waals surface area contributed by atoms with Gasteiger partial charge >= 0.3 is 5.97 Å². The monoisotopic (exact) mass is 318 g/mol. The molecule has 0 heterocycles. The molecule has 0 spiro atoms. The molecular weight excluding hydrogens is 304 g/mol. The Balaban J connectivity index is 2.93. The molecule has 0 amide bonds. The van der Waals surface area contributed by atoms with Crippen LogP contribution in [0.5, 0.6) is 0 Å². The van der Waals surface area contributed by atoms with E-state index in [2.05, 4.69) is 15.9 Å². The maximum Gasteiger partial charge on any atom is 0.323 e. The van der Waals surface area contributed by atoms with E-state index < -0.39 is 5.25 Å². The topological polar surface area (TPSA) is 46.5 Å². The van der Waals surface area contributed by atoms with E-state index in [1.165, 1.54) is 18.9 Å². The minimum atomic E-state index is -0.403. The van der Waals surface area contributed by atoms with Crippen LogP contribution in [0.25, 0.3) is 0 Å². The van der Waals surface area contributed by atoms with Gasteiger partial charge in [0.15, 0.2) is 0 Å². The number of hydrogen-bond donors (Lipinski definition) is 1. The number of aliphatic hydroxyl groups is 1. The number of rotatable bonds is 5. The van der Waals surface area contributed by atoms with Crippen molar-refractivity contribution in [3.63, 3.8) is 0 Å². The number of esters is 1. The summed E-state index contributed by atoms with van der Waals surface area (Å²) >= 11 is 4.77. The molecule has 1 rings (SSSR count). The molecule has 0 bridgehead atoms. The van der Waals surface area contributed by atoms with Gasteiger partial charge in [-0.15, -0.1) is 11.8 Å². The SMILES string of the molecule is COC(=O)[C@@H](S[C@@H](C)CO)c1cccc(Br)c1. The second kappa shape index (κ2) is 7.03. The molecule has 5 heteroatoms. The molecule has 0 aliphatic rings. The summed E-state index contributed by atoms with van der Waals surface area (Å²) in [5, 5.41) is 8.64. The van der Waals surface area contributed by atoms with Crippen LogP contribution in [0.1, 0.15) is 17.7 Å². The second-order valence-electron chi connectivity index (χ2n) is 3.59. The number of hydrogen-bond acceptors (Lipinski definition) is 4. The third-order valence-electron chi connectivity index (χ3n) is 2.19. The average molecular weight is 319 g/mol. The van der Waals surface area contributed by atoms with E-state index in [-0.39, 0.29) is 17.8 Å². The highest BCUT2D eigenvalue weighted by molar-refractivity contribution is 9.10. The number of thioether (sulfide) groups is 1. The minimum Gasteiger partial charge on any atom is -0.468 e. The van der Waals surface area contributed by atoms with Crippen molar-refractivity contribution in [3.8, 4) is 0 Å². The van der Waals surface area contributed by atoms with Crippen LogP contribution < -0.4 is 0 Å². The molecule has 17 heavy (non-hydrogen) atoms. The molecule has 94 valence electrons. The van der Waals surface area contributed by atoms with Crippen LogP contribution in [-0.4, -0.2) is 30.0 Å². The lowest BCUT2D eigenvalue weighted by Gasteiger charge is -2.18. The van der Waals surface area contributed by atoms with Gasteiger partial charge in [-0.3, -0.25) is 4.79 Å². The highest BCUT2D eigenvalue weighted by Crippen LogP contribution is 2.34. The van der Waals surface area contributed by atoms with Gasteiger partial charge in [0, 0.05) is 9.72 Å². The highest BCUT2D eigenvalue weighted by atomic mass is 79.9. The Morgan fingerprint density at radius 3 is 2.82 bits per heavy atom. The highest BCUT2D eigenvalue weighted by Gasteiger charge is 2.24. The van der Waals surface area contributed by atoms with Gasteiger partial charge in [-0.2, -0.15) is 0 Å². The fourth-order valence-electron chi connectivity index (χ4n) is 1.32. The van der Waals surface area contributed by atoms with Gasteiger partial charge in [0.1, 0.15) is 5.25 Å². The van der Waals surface area contributed by atoms with E-state index in [9.17, 15) is 4.79 Å². The molecule has 0 aliphatic carbocycles. The van der Waals surface area contributed by atoms with Gasteiger partial charge in [-0.05, 0) is 17.7 Å². The number of halogens is 1. The molecule has 0 aromatic heterocycles. The predicted octanol–water partition coefficient (Wildman–Crippen LogP) is 2.78. The first-order valence-corrected chi connectivity index (χ1v) is 6.91. The first-order valence-electron chi connectivity index (χ1n) is 5.18. The normalized spacial score (nSPS) is 14.1. The Morgan fingerprint density at radius 2 is 2.29 bits per heavy atom. The summed E-state index contributed by atoms with van der Waals surface area (Å²) in [5.41, 5.74) is 0.872. The number of ether oxygens (including phenoxy) is 1. The minimum absolute atomic E-state index is 0.0157. The third-order valence-corrected chi connectivity index (χ3v) is 4.04. The molecule has 0 saturated carbocycles. The summed E-state index contributed by atoms with van der Waals surface area (Å²) in [6, 6.07) is 7.54. The number of carbonyl (C=O) groups is 1. The predicted molar refractivity (Wildman–Crippen MR) is 73.0 cm³/mol. The van der Waals surface area contributed by atoms with Crippen molar-refractivity contribution in [2.24, 2.45) is 0 Å². The maximum absolute atomic E-state index is 11.7. The van der Waals surface area contributed by atoms with E-state index in [1.807, 2.05) is 31.2 Å². The molecular formula is C12H15BrO3S. The Bertz CT molecular complexity index is 384. The summed E-state index contributed by atoms with van der Waals surface area (Å²) in [7, 11) is 1.37. The van der Waals surface area contributed by atoms with Crippen molar-refractivity contribution < 1.29 is 14.6 Å². The zero-order valence-electron chi connectivity index (χ0n) is 9.72. The summed E-state index contributed by atoms with van der Waals surface area (Å²) in [5.74, 6) is -0.298. The van der Waals surface area contributed by atoms with Crippen LogP contribution in [-0.2, 0) is 9.53 Å². The van der Waals surface area contributed by atoms with Gasteiger partial charge < -0.3 is 9.84 Å². The molecule has 1 N–H and O–H groups in total. The lowest BCUT2D eigenvalue weighted by molar-refractivity contribution is -0.140. The standard InChI is InChI=1S/C12H15BrO3S/c1-8(7-14)17-11(12(15)16-2)9-4-3-5-10(13)6-9/h3-6,8,11,14H,7H2,1-2H3/t8-,11-/m0/s1. The van der Waals surface area contributed by atoms with Crippen LogP contribution in [0.3, 0.4) is 0 Å². The molecule has 2 atom stereocenters. The molecule has 1 aromatic rings. The van der Waals surface area contributed by atoms with Crippen LogP contribution in [0.15, 0.2) is 28.7 Å². The quantitative estimate of drug-likeness (QED) is 0.848. The zero-order chi connectivity index (χ0) is 12.8. The fourth-order valence-corrected chi connectivity index (χ4v) is 2.80. The van der Waals surface area contributed by atoms with Crippen molar-refractivity contribution in [1.82, 2.24) is 0 Å². The fraction of sp³-hybridized carbons (Fsp3) is 0.417. The number of methoxy groups -OCH3 is 1. The smallest absolute Gasteiger partial charge is 0.323 e. The van der Waals surface area contributed by atoms with Crippen molar-refractivity contribution in [3.05, 3.63) is 34.3 Å². The molecule has 0 saturated heterocycles. The zero-order valence-corrected chi connectivity index (χ0v) is 12.1. The Kier molecular flexibility index (Phi) is 6.02. The molecule has 0 fully saturated rings. The van der Waals surface area contributed by atoms with E-state index >= 15 is 0 Å². The van der Waals surface area contributed by atoms with Crippen molar-refractivity contribution in [2.75, 3.05) is 13.7 Å². The molecule has 3 nitrogen and oxygen atoms in total. The Labute approximate surface area is 114 Å². The summed E-state index contributed by atoms with van der Waals surface area (Å²) in [6.45, 7) is 1.91. The van der Waals surface area contributed by atoms with Gasteiger partial charge in [-0.25, -0.2) is 0 Å². The van der Waals surface area contributed by atoms with Gasteiger partial charge in [0.2, 0.25) is 0 Å². The average Bonchev–Trinajstić information content (AvgIpc) is 2.34. The van der Waals surface area contributed by atoms with Crippen LogP contribution in [0.4, 0.5) is 0 Å². The molecule has 1 aromatic carbocycles. The van der Waals surface area contributed by atoms with Crippen molar-refractivity contribution >= 4 is 33.7 Å². The molecule has 0 radical (unpaired) electrons. The molecule has 0 aliphatic heterocycles. The second-order valence-corrected chi connectivity index (χ2v) is 6.05. The van der Waals surface area contributed by atoms with Gasteiger partial charge in [-0.1, -0.05) is 35.0 Å². The first-order chi connectivity index (χ1) is 8.08. The first kappa shape index (κ1) is 14.5. The lowest BCUT2D eigenvalue weighted by atomic mass is 10.1. The third kappa shape index (κ3) is 4.33. The number of benzene rings is 1. The summed E-state index contributed by atoms with van der Waals surface area (Å²) in [4.78, 5) is 11.7. The number of carbonyl (C=O) groups excluding carboxylic acids is 1. The van der Waals surface area contributed by atoms with Crippen LogP contribution in [0, 0.1) is 0 Å². The van der Waals surface area contributed by atoms with Gasteiger partial charge in [0.25, 0.3) is 0 Å². The summed E-state index contributed by atoms with van der Waals surface area (Å²) in [6.07, 6.45) is 0. The molecule has 0 unspecified atom stereocenters. The van der Waals surface area contributed by atoms with Crippen LogP contribution in [0.2, 0.25) is 0 Å². The maximum atomic E-state index is 11.7. The van der Waals surface area contributed by atoms with E-state index in [4.69, 9.17) is 9.84 Å².